The Kier molecular flexibility index (Phi) is 5.27. The summed E-state index contributed by atoms with van der Waals surface area (Å²) < 4.78 is 28.5. The van der Waals surface area contributed by atoms with Gasteiger partial charge in [-0.05, 0) is 23.6 Å². The highest BCUT2D eigenvalue weighted by atomic mass is 35.5. The van der Waals surface area contributed by atoms with Crippen LogP contribution in [-0.2, 0) is 21.4 Å². The molecule has 4 heterocycles. The number of fused-ring (bicyclic) bond motifs is 1. The first-order chi connectivity index (χ1) is 13.4. The highest BCUT2D eigenvalue weighted by Gasteiger charge is 2.31. The molecule has 1 saturated heterocycles. The molecular weight excluding hydrogens is 444 g/mol. The summed E-state index contributed by atoms with van der Waals surface area (Å²) in [5, 5.41) is 2.27. The Morgan fingerprint density at radius 1 is 1.18 bits per heavy atom. The smallest absolute Gasteiger partial charge is 0.262 e. The highest BCUT2D eigenvalue weighted by molar-refractivity contribution is 7.91. The van der Waals surface area contributed by atoms with Crippen molar-refractivity contribution < 1.29 is 13.2 Å². The summed E-state index contributed by atoms with van der Waals surface area (Å²) in [5.74, 6) is -0.241. The Labute approximate surface area is 173 Å². The highest BCUT2D eigenvalue weighted by Crippen LogP contribution is 2.28. The molecule has 4 rings (SSSR count). The Balaban J connectivity index is 1.42. The van der Waals surface area contributed by atoms with Crippen LogP contribution < -0.4 is 5.56 Å². The summed E-state index contributed by atoms with van der Waals surface area (Å²) >= 11 is 8.22. The Bertz CT molecular complexity index is 1190. The number of sulfonamides is 1. The summed E-state index contributed by atoms with van der Waals surface area (Å²) in [6, 6.07) is 4.73. The fraction of sp³-hybridized carbons (Fsp3) is 0.312. The number of carbonyl (C=O) groups excluding carboxylic acids is 1. The van der Waals surface area contributed by atoms with Crippen molar-refractivity contribution >= 4 is 60.4 Å². The zero-order chi connectivity index (χ0) is 19.9. The van der Waals surface area contributed by atoms with Crippen molar-refractivity contribution in [1.29, 1.82) is 0 Å². The van der Waals surface area contributed by atoms with Crippen molar-refractivity contribution in [1.82, 2.24) is 18.8 Å². The van der Waals surface area contributed by atoms with Gasteiger partial charge in [0.05, 0.1) is 16.0 Å². The van der Waals surface area contributed by atoms with Crippen LogP contribution in [0, 0.1) is 0 Å². The van der Waals surface area contributed by atoms with Crippen LogP contribution >= 0.6 is 34.3 Å². The summed E-state index contributed by atoms with van der Waals surface area (Å²) in [6.07, 6.45) is 1.38. The number of rotatable bonds is 4. The fourth-order valence-electron chi connectivity index (χ4n) is 2.99. The summed E-state index contributed by atoms with van der Waals surface area (Å²) in [5.41, 5.74) is -0.254. The minimum absolute atomic E-state index is 0.120. The molecular formula is C16H15ClN4O4S3. The van der Waals surface area contributed by atoms with Crippen molar-refractivity contribution in [2.24, 2.45) is 0 Å². The molecule has 3 aromatic rings. The molecule has 0 aromatic carbocycles. The number of halogens is 1. The van der Waals surface area contributed by atoms with Gasteiger partial charge in [-0.1, -0.05) is 11.6 Å². The molecule has 28 heavy (non-hydrogen) atoms. The summed E-state index contributed by atoms with van der Waals surface area (Å²) in [6.45, 7) is 0.797. The molecule has 1 fully saturated rings. The third-order valence-electron chi connectivity index (χ3n) is 4.49. The van der Waals surface area contributed by atoms with Crippen molar-refractivity contribution in [2.45, 2.75) is 10.8 Å². The van der Waals surface area contributed by atoms with E-state index in [1.54, 1.807) is 22.4 Å². The van der Waals surface area contributed by atoms with E-state index in [4.69, 9.17) is 11.6 Å². The number of thiophene rings is 2. The standard InChI is InChI=1S/C16H15ClN4O4S3/c17-12-1-2-14(27-12)28(24,25)21-6-4-19(5-7-21)13(22)9-20-10-18-15-11(16(20)23)3-8-26-15/h1-3,8,10H,4-7,9H2. The molecule has 0 radical (unpaired) electrons. The zero-order valence-corrected chi connectivity index (χ0v) is 17.7. The molecule has 1 aliphatic heterocycles. The number of amides is 1. The number of aromatic nitrogens is 2. The maximum Gasteiger partial charge on any atom is 0.262 e. The molecule has 0 unspecified atom stereocenters. The molecule has 0 aliphatic carbocycles. The van der Waals surface area contributed by atoms with Crippen LogP contribution in [0.2, 0.25) is 4.34 Å². The lowest BCUT2D eigenvalue weighted by molar-refractivity contribution is -0.133. The molecule has 12 heteroatoms. The van der Waals surface area contributed by atoms with Gasteiger partial charge in [-0.15, -0.1) is 22.7 Å². The molecule has 1 aliphatic rings. The van der Waals surface area contributed by atoms with E-state index in [0.29, 0.717) is 14.6 Å². The van der Waals surface area contributed by atoms with E-state index in [1.807, 2.05) is 0 Å². The number of nitrogens with zero attached hydrogens (tertiary/aromatic N) is 4. The minimum Gasteiger partial charge on any atom is -0.338 e. The number of carbonyl (C=O) groups is 1. The molecule has 148 valence electrons. The molecule has 0 saturated carbocycles. The van der Waals surface area contributed by atoms with Gasteiger partial charge in [0.2, 0.25) is 5.91 Å². The van der Waals surface area contributed by atoms with E-state index in [0.717, 1.165) is 11.3 Å². The lowest BCUT2D eigenvalue weighted by Crippen LogP contribution is -2.51. The third kappa shape index (κ3) is 3.60. The maximum absolute atomic E-state index is 12.6. The second kappa shape index (κ2) is 7.56. The average molecular weight is 459 g/mol. The molecule has 0 bridgehead atoms. The van der Waals surface area contributed by atoms with Crippen LogP contribution in [0.1, 0.15) is 0 Å². The van der Waals surface area contributed by atoms with Crippen molar-refractivity contribution in [3.8, 4) is 0 Å². The average Bonchev–Trinajstić information content (AvgIpc) is 3.33. The topological polar surface area (TPSA) is 92.6 Å². The maximum atomic E-state index is 12.6. The SMILES string of the molecule is O=C(Cn1cnc2sccc2c1=O)N1CCN(S(=O)(=O)c2ccc(Cl)s2)CC1. The monoisotopic (exact) mass is 458 g/mol. The van der Waals surface area contributed by atoms with Gasteiger partial charge in [-0.25, -0.2) is 13.4 Å². The minimum atomic E-state index is -3.61. The normalized spacial score (nSPS) is 16.0. The van der Waals surface area contributed by atoms with Gasteiger partial charge in [-0.2, -0.15) is 4.31 Å². The zero-order valence-electron chi connectivity index (χ0n) is 14.4. The Hall–Kier alpha value is -1.79. The van der Waals surface area contributed by atoms with Gasteiger partial charge >= 0.3 is 0 Å². The largest absolute Gasteiger partial charge is 0.338 e. The summed E-state index contributed by atoms with van der Waals surface area (Å²) in [4.78, 5) is 31.4. The van der Waals surface area contributed by atoms with Crippen LogP contribution in [0.3, 0.4) is 0 Å². The van der Waals surface area contributed by atoms with Crippen LogP contribution in [-0.4, -0.2) is 59.3 Å². The molecule has 1 amide bonds. The van der Waals surface area contributed by atoms with Crippen molar-refractivity contribution in [3.05, 3.63) is 44.6 Å². The van der Waals surface area contributed by atoms with E-state index in [9.17, 15) is 18.0 Å². The van der Waals surface area contributed by atoms with Gasteiger partial charge in [0.25, 0.3) is 15.6 Å². The first-order valence-corrected chi connectivity index (χ1v) is 11.8. The third-order valence-corrected chi connectivity index (χ3v) is 8.91. The van der Waals surface area contributed by atoms with Crippen molar-refractivity contribution in [2.75, 3.05) is 26.2 Å². The van der Waals surface area contributed by atoms with Crippen LogP contribution in [0.4, 0.5) is 0 Å². The van der Waals surface area contributed by atoms with E-state index >= 15 is 0 Å². The molecule has 0 N–H and O–H groups in total. The molecule has 3 aromatic heterocycles. The lowest BCUT2D eigenvalue weighted by Gasteiger charge is -2.33. The molecule has 8 nitrogen and oxygen atoms in total. The quantitative estimate of drug-likeness (QED) is 0.593. The van der Waals surface area contributed by atoms with Gasteiger partial charge in [0, 0.05) is 26.2 Å². The van der Waals surface area contributed by atoms with Crippen LogP contribution in [0.5, 0.6) is 0 Å². The van der Waals surface area contributed by atoms with Crippen molar-refractivity contribution in [3.63, 3.8) is 0 Å². The van der Waals surface area contributed by atoms with Gasteiger partial charge < -0.3 is 4.90 Å². The van der Waals surface area contributed by atoms with E-state index in [-0.39, 0.29) is 48.4 Å². The van der Waals surface area contributed by atoms with Gasteiger partial charge in [0.1, 0.15) is 15.6 Å². The number of piperazine rings is 1. The van der Waals surface area contributed by atoms with Gasteiger partial charge in [0.15, 0.2) is 0 Å². The van der Waals surface area contributed by atoms with Crippen LogP contribution in [0.15, 0.2) is 38.9 Å². The predicted molar refractivity (Wildman–Crippen MR) is 109 cm³/mol. The number of hydrogen-bond acceptors (Lipinski definition) is 7. The van der Waals surface area contributed by atoms with E-state index in [2.05, 4.69) is 4.98 Å². The Morgan fingerprint density at radius 2 is 1.93 bits per heavy atom. The fourth-order valence-corrected chi connectivity index (χ4v) is 6.78. The number of hydrogen-bond donors (Lipinski definition) is 0. The van der Waals surface area contributed by atoms with E-state index < -0.39 is 10.0 Å². The molecule has 0 atom stereocenters. The Morgan fingerprint density at radius 3 is 2.61 bits per heavy atom. The second-order valence-electron chi connectivity index (χ2n) is 6.16. The second-order valence-corrected chi connectivity index (χ2v) is 10.9. The molecule has 0 spiro atoms. The first kappa shape index (κ1) is 19.5. The van der Waals surface area contributed by atoms with Crippen LogP contribution in [0.25, 0.3) is 10.2 Å². The predicted octanol–water partition coefficient (Wildman–Crippen LogP) is 1.71. The van der Waals surface area contributed by atoms with E-state index in [1.165, 1.54) is 32.6 Å². The van der Waals surface area contributed by atoms with Gasteiger partial charge in [-0.3, -0.25) is 14.2 Å². The first-order valence-electron chi connectivity index (χ1n) is 8.32. The summed E-state index contributed by atoms with van der Waals surface area (Å²) in [7, 11) is -3.61. The lowest BCUT2D eigenvalue weighted by atomic mass is 10.3.